The van der Waals surface area contributed by atoms with Gasteiger partial charge in [-0.05, 0) is 20.6 Å². The first-order chi connectivity index (χ1) is 4.18. The van der Waals surface area contributed by atoms with Gasteiger partial charge in [-0.3, -0.25) is 0 Å². The maximum atomic E-state index is 10.4. The fourth-order valence-electron chi connectivity index (χ4n) is 0. The van der Waals surface area contributed by atoms with Crippen LogP contribution in [0.1, 0.15) is 6.92 Å². The molecule has 0 aliphatic heterocycles. The van der Waals surface area contributed by atoms with Gasteiger partial charge in [0, 0.05) is 5.97 Å². The van der Waals surface area contributed by atoms with Gasteiger partial charge in [-0.25, -0.2) is 5.26 Å². The number of halogens is 1. The molecule has 0 spiro atoms. The van der Waals surface area contributed by atoms with Crippen molar-refractivity contribution in [3.05, 3.63) is 0 Å². The van der Waals surface area contributed by atoms with Gasteiger partial charge in [-0.2, -0.15) is 0 Å². The summed E-state index contributed by atoms with van der Waals surface area (Å²) in [5.74, 6) is 1.26. The summed E-state index contributed by atoms with van der Waals surface area (Å²) < 4.78 is 10.4. The molecule has 0 radical (unpaired) electrons. The average Bonchev–Trinajstić information content (AvgIpc) is 1.89. The molecule has 0 unspecified atom stereocenters. The molecule has 0 aromatic heterocycles. The molecule has 52 valence electrons. The van der Waals surface area contributed by atoms with Gasteiger partial charge in [0.2, 0.25) is 0 Å². The Morgan fingerprint density at radius 3 is 1.89 bits per heavy atom. The van der Waals surface area contributed by atoms with Crippen molar-refractivity contribution in [2.24, 2.45) is 0 Å². The lowest BCUT2D eigenvalue weighted by molar-refractivity contribution is 0.434. The van der Waals surface area contributed by atoms with Crippen LogP contribution in [0.4, 0.5) is 4.32 Å². The van der Waals surface area contributed by atoms with Crippen molar-refractivity contribution in [1.82, 2.24) is 4.90 Å². The molecule has 0 heterocycles. The van der Waals surface area contributed by atoms with Gasteiger partial charge in [0.1, 0.15) is 0 Å². The van der Waals surface area contributed by atoms with E-state index in [-0.39, 0.29) is 0 Å². The van der Waals surface area contributed by atoms with Crippen LogP contribution in [0.2, 0.25) is 0 Å². The number of rotatable bonds is 1. The molecule has 2 nitrogen and oxygen atoms in total. The minimum absolute atomic E-state index is 0.875. The van der Waals surface area contributed by atoms with Gasteiger partial charge >= 0.3 is 7.56 Å². The second kappa shape index (κ2) is 10.4. The predicted molar refractivity (Wildman–Crippen MR) is 38.1 cm³/mol. The Labute approximate surface area is 56.6 Å². The Kier molecular flexibility index (Phi) is 13.1. The lowest BCUT2D eigenvalue weighted by Crippen LogP contribution is -2.08. The van der Waals surface area contributed by atoms with E-state index in [0.717, 1.165) is 6.54 Å². The SMILES string of the molecule is CCN(C)C.N#CBF. The zero-order valence-electron chi connectivity index (χ0n) is 6.19. The van der Waals surface area contributed by atoms with E-state index in [1.165, 1.54) is 5.97 Å². The monoisotopic (exact) mass is 130 g/mol. The normalized spacial score (nSPS) is 7.11. The first kappa shape index (κ1) is 11.3. The highest BCUT2D eigenvalue weighted by atomic mass is 19.1. The van der Waals surface area contributed by atoms with Crippen molar-refractivity contribution in [1.29, 1.82) is 5.26 Å². The molecule has 4 heteroatoms. The summed E-state index contributed by atoms with van der Waals surface area (Å²) in [5, 5.41) is 7.25. The van der Waals surface area contributed by atoms with E-state index < -0.39 is 7.56 Å². The molecular weight excluding hydrogens is 118 g/mol. The van der Waals surface area contributed by atoms with Gasteiger partial charge in [0.25, 0.3) is 0 Å². The third-order valence-electron chi connectivity index (χ3n) is 0.692. The molecule has 0 bridgehead atoms. The lowest BCUT2D eigenvalue weighted by Gasteiger charge is -2.00. The van der Waals surface area contributed by atoms with E-state index in [2.05, 4.69) is 25.9 Å². The van der Waals surface area contributed by atoms with Crippen LogP contribution in [0.25, 0.3) is 0 Å². The highest BCUT2D eigenvalue weighted by Crippen LogP contribution is 1.63. The molecule has 0 rings (SSSR count). The predicted octanol–water partition coefficient (Wildman–Crippen LogP) is 0.356. The molecular formula is C5H12BFN2. The van der Waals surface area contributed by atoms with Crippen LogP contribution < -0.4 is 0 Å². The first-order valence-electron chi connectivity index (χ1n) is 2.76. The van der Waals surface area contributed by atoms with E-state index in [0.29, 0.717) is 0 Å². The van der Waals surface area contributed by atoms with Crippen molar-refractivity contribution in [2.45, 2.75) is 6.92 Å². The van der Waals surface area contributed by atoms with E-state index in [1.807, 2.05) is 0 Å². The van der Waals surface area contributed by atoms with Crippen molar-refractivity contribution in [2.75, 3.05) is 20.6 Å². The number of hydrogen-bond donors (Lipinski definition) is 0. The van der Waals surface area contributed by atoms with Gasteiger partial charge in [0.05, 0.1) is 0 Å². The summed E-state index contributed by atoms with van der Waals surface area (Å²) in [4.78, 5) is 2.12. The maximum Gasteiger partial charge on any atom is 0.445 e. The highest BCUT2D eigenvalue weighted by molar-refractivity contribution is 6.36. The summed E-state index contributed by atoms with van der Waals surface area (Å²) in [7, 11) is 3.24. The van der Waals surface area contributed by atoms with Gasteiger partial charge in [-0.15, -0.1) is 0 Å². The summed E-state index contributed by atoms with van der Waals surface area (Å²) in [6, 6.07) is 0. The zero-order chi connectivity index (χ0) is 7.70. The summed E-state index contributed by atoms with van der Waals surface area (Å²) in [6.45, 7) is 3.26. The van der Waals surface area contributed by atoms with Crippen LogP contribution in [-0.2, 0) is 0 Å². The molecule has 0 N–H and O–H groups in total. The second-order valence-electron chi connectivity index (χ2n) is 1.69. The molecule has 0 fully saturated rings. The van der Waals surface area contributed by atoms with Crippen LogP contribution in [0.3, 0.4) is 0 Å². The quantitative estimate of drug-likeness (QED) is 0.479. The van der Waals surface area contributed by atoms with Crippen LogP contribution in [0, 0.1) is 11.2 Å². The maximum absolute atomic E-state index is 10.4. The van der Waals surface area contributed by atoms with Gasteiger partial charge in [0.15, 0.2) is 0 Å². The first-order valence-corrected chi connectivity index (χ1v) is 2.76. The summed E-state index contributed by atoms with van der Waals surface area (Å²) in [6.07, 6.45) is 0. The van der Waals surface area contributed by atoms with Crippen molar-refractivity contribution in [3.63, 3.8) is 0 Å². The third-order valence-corrected chi connectivity index (χ3v) is 0.692. The van der Waals surface area contributed by atoms with Crippen molar-refractivity contribution in [3.8, 4) is 5.97 Å². The Bertz CT molecular complexity index is 79.5. The van der Waals surface area contributed by atoms with E-state index in [1.54, 1.807) is 0 Å². The molecule has 0 aliphatic rings. The van der Waals surface area contributed by atoms with Crippen LogP contribution >= 0.6 is 0 Å². The standard InChI is InChI=1S/C4H11N.CHBFN/c1-4-5(2)3;3-2-1-4/h4H2,1-3H3;2H. The summed E-state index contributed by atoms with van der Waals surface area (Å²) >= 11 is 0. The average molecular weight is 130 g/mol. The Morgan fingerprint density at radius 1 is 1.67 bits per heavy atom. The van der Waals surface area contributed by atoms with Crippen molar-refractivity contribution >= 4 is 7.56 Å². The van der Waals surface area contributed by atoms with Crippen LogP contribution in [-0.4, -0.2) is 33.1 Å². The smallest absolute Gasteiger partial charge is 0.319 e. The fraction of sp³-hybridized carbons (Fsp3) is 0.800. The largest absolute Gasteiger partial charge is 0.445 e. The third kappa shape index (κ3) is 36.9. The minimum Gasteiger partial charge on any atom is -0.319 e. The zero-order valence-corrected chi connectivity index (χ0v) is 6.19. The van der Waals surface area contributed by atoms with Gasteiger partial charge < -0.3 is 9.22 Å². The van der Waals surface area contributed by atoms with Gasteiger partial charge in [-0.1, -0.05) is 6.92 Å². The van der Waals surface area contributed by atoms with E-state index >= 15 is 0 Å². The molecule has 0 amide bonds. The topological polar surface area (TPSA) is 27.0 Å². The number of nitrogens with zero attached hydrogens (tertiary/aromatic N) is 2. The van der Waals surface area contributed by atoms with Crippen molar-refractivity contribution < 1.29 is 4.32 Å². The van der Waals surface area contributed by atoms with E-state index in [9.17, 15) is 4.32 Å². The van der Waals surface area contributed by atoms with Crippen LogP contribution in [0.5, 0.6) is 0 Å². The Balaban J connectivity index is 0. The summed E-state index contributed by atoms with van der Waals surface area (Å²) in [5.41, 5.74) is 0. The number of nitriles is 1. The highest BCUT2D eigenvalue weighted by Gasteiger charge is 1.72. The molecule has 0 saturated heterocycles. The molecule has 0 aromatic rings. The number of hydrogen-bond acceptors (Lipinski definition) is 2. The second-order valence-corrected chi connectivity index (χ2v) is 1.69. The Hall–Kier alpha value is -0.555. The Morgan fingerprint density at radius 2 is 1.89 bits per heavy atom. The fourth-order valence-corrected chi connectivity index (χ4v) is 0. The van der Waals surface area contributed by atoms with Crippen LogP contribution in [0.15, 0.2) is 0 Å². The molecule has 0 saturated carbocycles. The minimum atomic E-state index is -0.875. The van der Waals surface area contributed by atoms with E-state index in [4.69, 9.17) is 5.26 Å². The molecule has 0 aromatic carbocycles. The molecule has 0 aliphatic carbocycles. The molecule has 9 heavy (non-hydrogen) atoms. The molecule has 0 atom stereocenters. The lowest BCUT2D eigenvalue weighted by atomic mass is 10.1.